The van der Waals surface area contributed by atoms with Gasteiger partial charge >= 0.3 is 0 Å². The molecule has 1 aromatic heterocycles. The first-order valence-electron chi connectivity index (χ1n) is 8.89. The molecule has 140 valence electrons. The number of aryl methyl sites for hydroxylation is 1. The van der Waals surface area contributed by atoms with Crippen LogP contribution < -0.4 is 15.4 Å². The largest absolute Gasteiger partial charge is 0.492 e. The second kappa shape index (κ2) is 9.43. The second-order valence-corrected chi connectivity index (χ2v) is 6.00. The lowest BCUT2D eigenvalue weighted by atomic mass is 10.1. The fraction of sp³-hybridized carbons (Fsp3) is 0.238. The van der Waals surface area contributed by atoms with Crippen molar-refractivity contribution in [3.05, 3.63) is 72.2 Å². The Morgan fingerprint density at radius 2 is 1.85 bits per heavy atom. The lowest BCUT2D eigenvalue weighted by Crippen LogP contribution is -2.38. The van der Waals surface area contributed by atoms with Crippen LogP contribution in [0.4, 0.5) is 0 Å². The van der Waals surface area contributed by atoms with Crippen LogP contribution >= 0.6 is 0 Å². The molecule has 27 heavy (non-hydrogen) atoms. The van der Waals surface area contributed by atoms with Crippen LogP contribution in [0.1, 0.15) is 11.5 Å². The van der Waals surface area contributed by atoms with Crippen molar-refractivity contribution in [3.63, 3.8) is 0 Å². The molecule has 6 nitrogen and oxygen atoms in total. The first kappa shape index (κ1) is 18.5. The third-order valence-electron chi connectivity index (χ3n) is 3.93. The van der Waals surface area contributed by atoms with Gasteiger partial charge in [-0.05, 0) is 19.1 Å². The fourth-order valence-corrected chi connectivity index (χ4v) is 2.48. The van der Waals surface area contributed by atoms with Gasteiger partial charge in [0.05, 0.1) is 19.3 Å². The minimum atomic E-state index is 0.449. The standard InChI is InChI=1S/C21H24N4O2/c1-16-8-10-17(11-9-16)19-14-24-20(27-19)15-25-21(22-2)23-12-13-26-18-6-4-3-5-7-18/h3-11,14H,12-13,15H2,1-2H3,(H2,22,23,25). The lowest BCUT2D eigenvalue weighted by molar-refractivity contribution is 0.322. The summed E-state index contributed by atoms with van der Waals surface area (Å²) in [5.74, 6) is 2.88. The zero-order valence-corrected chi connectivity index (χ0v) is 15.6. The zero-order valence-electron chi connectivity index (χ0n) is 15.6. The molecule has 0 aliphatic heterocycles. The molecule has 0 aliphatic carbocycles. The van der Waals surface area contributed by atoms with Gasteiger partial charge in [-0.15, -0.1) is 0 Å². The molecule has 0 spiro atoms. The van der Waals surface area contributed by atoms with E-state index in [4.69, 9.17) is 9.15 Å². The van der Waals surface area contributed by atoms with Crippen molar-refractivity contribution in [1.82, 2.24) is 15.6 Å². The Labute approximate surface area is 159 Å². The van der Waals surface area contributed by atoms with Gasteiger partial charge in [0.15, 0.2) is 11.7 Å². The van der Waals surface area contributed by atoms with Crippen molar-refractivity contribution < 1.29 is 9.15 Å². The smallest absolute Gasteiger partial charge is 0.214 e. The van der Waals surface area contributed by atoms with E-state index < -0.39 is 0 Å². The van der Waals surface area contributed by atoms with Gasteiger partial charge in [-0.25, -0.2) is 4.98 Å². The van der Waals surface area contributed by atoms with Gasteiger partial charge in [0.1, 0.15) is 12.4 Å². The molecule has 2 N–H and O–H groups in total. The number of rotatable bonds is 7. The summed E-state index contributed by atoms with van der Waals surface area (Å²) < 4.78 is 11.5. The number of benzene rings is 2. The zero-order chi connectivity index (χ0) is 18.9. The molecule has 0 fully saturated rings. The van der Waals surface area contributed by atoms with Gasteiger partial charge in [0.25, 0.3) is 0 Å². The van der Waals surface area contributed by atoms with E-state index >= 15 is 0 Å². The minimum absolute atomic E-state index is 0.449. The average molecular weight is 364 g/mol. The first-order chi connectivity index (χ1) is 13.2. The number of oxazole rings is 1. The van der Waals surface area contributed by atoms with Crippen molar-refractivity contribution in [2.75, 3.05) is 20.2 Å². The van der Waals surface area contributed by atoms with Crippen molar-refractivity contribution >= 4 is 5.96 Å². The van der Waals surface area contributed by atoms with E-state index in [9.17, 15) is 0 Å². The highest BCUT2D eigenvalue weighted by Crippen LogP contribution is 2.20. The van der Waals surface area contributed by atoms with Crippen LogP contribution in [0.5, 0.6) is 5.75 Å². The van der Waals surface area contributed by atoms with Gasteiger partial charge in [-0.2, -0.15) is 0 Å². The highest BCUT2D eigenvalue weighted by Gasteiger charge is 2.07. The fourth-order valence-electron chi connectivity index (χ4n) is 2.48. The maximum absolute atomic E-state index is 5.81. The van der Waals surface area contributed by atoms with Crippen LogP contribution in [0.15, 0.2) is 70.2 Å². The summed E-state index contributed by atoms with van der Waals surface area (Å²) in [6.07, 6.45) is 1.74. The van der Waals surface area contributed by atoms with Gasteiger partial charge < -0.3 is 19.8 Å². The maximum atomic E-state index is 5.81. The van der Waals surface area contributed by atoms with E-state index in [0.29, 0.717) is 31.5 Å². The van der Waals surface area contributed by atoms with Crippen LogP contribution in [0.3, 0.4) is 0 Å². The molecule has 3 aromatic rings. The van der Waals surface area contributed by atoms with Crippen LogP contribution in [-0.2, 0) is 6.54 Å². The number of nitrogens with zero attached hydrogens (tertiary/aromatic N) is 2. The number of ether oxygens (including phenoxy) is 1. The summed E-state index contributed by atoms with van der Waals surface area (Å²) in [7, 11) is 1.72. The molecular weight excluding hydrogens is 340 g/mol. The normalized spacial score (nSPS) is 11.3. The molecule has 0 aliphatic rings. The molecule has 0 radical (unpaired) electrons. The van der Waals surface area contributed by atoms with E-state index in [1.165, 1.54) is 5.56 Å². The number of para-hydroxylation sites is 1. The van der Waals surface area contributed by atoms with E-state index in [-0.39, 0.29) is 0 Å². The molecule has 0 unspecified atom stereocenters. The predicted octanol–water partition coefficient (Wildman–Crippen LogP) is 3.39. The lowest BCUT2D eigenvalue weighted by Gasteiger charge is -2.11. The molecule has 0 saturated heterocycles. The summed E-state index contributed by atoms with van der Waals surface area (Å²) in [5.41, 5.74) is 2.23. The molecule has 6 heteroatoms. The Bertz CT molecular complexity index is 857. The molecular formula is C21H24N4O2. The second-order valence-electron chi connectivity index (χ2n) is 6.00. The van der Waals surface area contributed by atoms with Crippen molar-refractivity contribution in [2.24, 2.45) is 4.99 Å². The Kier molecular flexibility index (Phi) is 6.46. The quantitative estimate of drug-likeness (QED) is 0.382. The van der Waals surface area contributed by atoms with Crippen molar-refractivity contribution in [2.45, 2.75) is 13.5 Å². The van der Waals surface area contributed by atoms with Gasteiger partial charge in [0.2, 0.25) is 5.89 Å². The summed E-state index contributed by atoms with van der Waals surface area (Å²) in [5, 5.41) is 6.38. The van der Waals surface area contributed by atoms with Crippen molar-refractivity contribution in [1.29, 1.82) is 0 Å². The number of nitrogens with one attached hydrogen (secondary N) is 2. The van der Waals surface area contributed by atoms with Crippen LogP contribution in [0, 0.1) is 6.92 Å². The highest BCUT2D eigenvalue weighted by molar-refractivity contribution is 5.79. The predicted molar refractivity (Wildman–Crippen MR) is 107 cm³/mol. The van der Waals surface area contributed by atoms with Crippen LogP contribution in [0.2, 0.25) is 0 Å². The molecule has 1 heterocycles. The summed E-state index contributed by atoms with van der Waals surface area (Å²) in [6, 6.07) is 17.9. The highest BCUT2D eigenvalue weighted by atomic mass is 16.5. The Balaban J connectivity index is 1.43. The topological polar surface area (TPSA) is 71.7 Å². The number of aliphatic imine (C=N–C) groups is 1. The number of guanidine groups is 1. The van der Waals surface area contributed by atoms with E-state index in [1.807, 2.05) is 42.5 Å². The van der Waals surface area contributed by atoms with Gasteiger partial charge in [0, 0.05) is 12.6 Å². The third-order valence-corrected chi connectivity index (χ3v) is 3.93. The Morgan fingerprint density at radius 1 is 1.07 bits per heavy atom. The first-order valence-corrected chi connectivity index (χ1v) is 8.89. The van der Waals surface area contributed by atoms with E-state index in [0.717, 1.165) is 17.1 Å². The van der Waals surface area contributed by atoms with E-state index in [2.05, 4.69) is 39.7 Å². The minimum Gasteiger partial charge on any atom is -0.492 e. The number of hydrogen-bond donors (Lipinski definition) is 2. The van der Waals surface area contributed by atoms with Gasteiger partial charge in [-0.3, -0.25) is 4.99 Å². The monoisotopic (exact) mass is 364 g/mol. The SMILES string of the molecule is CN=C(NCCOc1ccccc1)NCc1ncc(-c2ccc(C)cc2)o1. The summed E-state index contributed by atoms with van der Waals surface area (Å²) >= 11 is 0. The Hall–Kier alpha value is -3.28. The third kappa shape index (κ3) is 5.60. The molecule has 0 bridgehead atoms. The number of hydrogen-bond acceptors (Lipinski definition) is 4. The molecule has 3 rings (SSSR count). The average Bonchev–Trinajstić information content (AvgIpc) is 3.18. The molecule has 0 saturated carbocycles. The number of aromatic nitrogens is 1. The molecule has 0 amide bonds. The summed E-state index contributed by atoms with van der Waals surface area (Å²) in [6.45, 7) is 3.68. The maximum Gasteiger partial charge on any atom is 0.214 e. The molecule has 0 atom stereocenters. The van der Waals surface area contributed by atoms with Crippen molar-refractivity contribution in [3.8, 4) is 17.1 Å². The Morgan fingerprint density at radius 3 is 2.59 bits per heavy atom. The van der Waals surface area contributed by atoms with Crippen LogP contribution in [0.25, 0.3) is 11.3 Å². The van der Waals surface area contributed by atoms with E-state index in [1.54, 1.807) is 13.2 Å². The van der Waals surface area contributed by atoms with Gasteiger partial charge in [-0.1, -0.05) is 48.0 Å². The summed E-state index contributed by atoms with van der Waals surface area (Å²) in [4.78, 5) is 8.51. The molecule has 2 aromatic carbocycles. The van der Waals surface area contributed by atoms with Crippen LogP contribution in [-0.4, -0.2) is 31.1 Å².